The molecule has 0 saturated carbocycles. The van der Waals surface area contributed by atoms with Gasteiger partial charge in [0.15, 0.2) is 0 Å². The number of carboxylic acids is 1. The lowest BCUT2D eigenvalue weighted by Crippen LogP contribution is -1.97. The van der Waals surface area contributed by atoms with Crippen LogP contribution in [0.3, 0.4) is 0 Å². The van der Waals surface area contributed by atoms with Gasteiger partial charge in [0, 0.05) is 6.07 Å². The third-order valence-corrected chi connectivity index (χ3v) is 3.30. The van der Waals surface area contributed by atoms with E-state index in [1.54, 1.807) is 18.2 Å². The molecule has 22 heavy (non-hydrogen) atoms. The van der Waals surface area contributed by atoms with Crippen molar-refractivity contribution in [2.24, 2.45) is 0 Å². The van der Waals surface area contributed by atoms with Crippen LogP contribution >= 0.6 is 0 Å². The summed E-state index contributed by atoms with van der Waals surface area (Å²) in [6.45, 7) is 3.98. The Morgan fingerprint density at radius 2 is 1.86 bits per heavy atom. The monoisotopic (exact) mass is 298 g/mol. The van der Waals surface area contributed by atoms with Gasteiger partial charge in [-0.25, -0.2) is 14.8 Å². The maximum absolute atomic E-state index is 10.7. The summed E-state index contributed by atoms with van der Waals surface area (Å²) in [6.07, 6.45) is 0. The number of carboxylic acid groups (broad SMARTS) is 1. The molecule has 0 aliphatic carbocycles. The number of nitrogens with zero attached hydrogens (tertiary/aromatic N) is 2. The summed E-state index contributed by atoms with van der Waals surface area (Å²) in [5.74, 6) is -0.130. The Morgan fingerprint density at radius 1 is 1.14 bits per heavy atom. The number of hydrogen-bond donors (Lipinski definition) is 1. The molecule has 3 rings (SSSR count). The minimum absolute atomic E-state index is 0.103. The number of aromatic carboxylic acids is 1. The minimum Gasteiger partial charge on any atom is -0.486 e. The fourth-order valence-electron chi connectivity index (χ4n) is 2.03. The van der Waals surface area contributed by atoms with Crippen molar-refractivity contribution in [1.29, 1.82) is 0 Å². The van der Waals surface area contributed by atoms with Crippen molar-refractivity contribution in [3.63, 3.8) is 0 Å². The second-order valence-electron chi connectivity index (χ2n) is 4.90. The average molecular weight is 298 g/mol. The number of hydrogen-bond acceptors (Lipinski definition) is 5. The zero-order chi connectivity index (χ0) is 15.7. The van der Waals surface area contributed by atoms with Crippen LogP contribution in [0.15, 0.2) is 34.7 Å². The third-order valence-electron chi connectivity index (χ3n) is 3.30. The van der Waals surface area contributed by atoms with E-state index in [1.807, 2.05) is 19.9 Å². The predicted octanol–water partition coefficient (Wildman–Crippen LogP) is 3.12. The normalized spacial score (nSPS) is 10.8. The molecular weight excluding hydrogens is 284 g/mol. The second-order valence-corrected chi connectivity index (χ2v) is 4.90. The summed E-state index contributed by atoms with van der Waals surface area (Å²) in [4.78, 5) is 19.7. The Labute approximate surface area is 126 Å². The van der Waals surface area contributed by atoms with E-state index in [0.717, 1.165) is 22.4 Å². The molecule has 0 atom stereocenters. The van der Waals surface area contributed by atoms with Crippen LogP contribution in [0, 0.1) is 13.8 Å². The maximum atomic E-state index is 10.7. The molecule has 0 bridgehead atoms. The lowest BCUT2D eigenvalue weighted by molar-refractivity contribution is 0.0658. The lowest BCUT2D eigenvalue weighted by atomic mass is 10.2. The number of carbonyl (C=O) groups is 1. The molecule has 6 heteroatoms. The second kappa shape index (κ2) is 5.48. The summed E-state index contributed by atoms with van der Waals surface area (Å²) in [7, 11) is 0. The van der Waals surface area contributed by atoms with Gasteiger partial charge in [-0.15, -0.1) is 0 Å². The summed E-state index contributed by atoms with van der Waals surface area (Å²) in [6, 6.07) is 8.43. The first-order valence-corrected chi connectivity index (χ1v) is 6.73. The molecule has 0 spiro atoms. The summed E-state index contributed by atoms with van der Waals surface area (Å²) < 4.78 is 10.7. The topological polar surface area (TPSA) is 85.5 Å². The van der Waals surface area contributed by atoms with Gasteiger partial charge in [0.25, 0.3) is 0 Å². The first kappa shape index (κ1) is 14.1. The Morgan fingerprint density at radius 3 is 2.55 bits per heavy atom. The molecule has 0 aliphatic heterocycles. The first-order valence-electron chi connectivity index (χ1n) is 6.73. The van der Waals surface area contributed by atoms with Crippen LogP contribution in [0.4, 0.5) is 0 Å². The number of rotatable bonds is 4. The van der Waals surface area contributed by atoms with Crippen LogP contribution in [0.1, 0.15) is 27.7 Å². The van der Waals surface area contributed by atoms with Crippen molar-refractivity contribution in [2.45, 2.75) is 20.5 Å². The van der Waals surface area contributed by atoms with E-state index >= 15 is 0 Å². The van der Waals surface area contributed by atoms with Crippen LogP contribution in [0.25, 0.3) is 11.0 Å². The Bertz CT molecular complexity index is 854. The van der Waals surface area contributed by atoms with E-state index in [-0.39, 0.29) is 12.4 Å². The molecule has 2 aromatic heterocycles. The van der Waals surface area contributed by atoms with Gasteiger partial charge in [-0.2, -0.15) is 0 Å². The van der Waals surface area contributed by atoms with Crippen LogP contribution in [-0.2, 0) is 6.61 Å². The molecule has 112 valence electrons. The van der Waals surface area contributed by atoms with Crippen LogP contribution < -0.4 is 4.74 Å². The van der Waals surface area contributed by atoms with E-state index in [1.165, 1.54) is 6.07 Å². The van der Waals surface area contributed by atoms with Crippen molar-refractivity contribution in [1.82, 2.24) is 9.97 Å². The average Bonchev–Trinajstić information content (AvgIpc) is 2.95. The maximum Gasteiger partial charge on any atom is 0.371 e. The smallest absolute Gasteiger partial charge is 0.371 e. The van der Waals surface area contributed by atoms with Gasteiger partial charge in [-0.1, -0.05) is 0 Å². The minimum atomic E-state index is -1.10. The van der Waals surface area contributed by atoms with Crippen molar-refractivity contribution in [3.8, 4) is 5.75 Å². The zero-order valence-electron chi connectivity index (χ0n) is 12.2. The molecule has 1 N–H and O–H groups in total. The van der Waals surface area contributed by atoms with Gasteiger partial charge < -0.3 is 14.3 Å². The highest BCUT2D eigenvalue weighted by Crippen LogP contribution is 2.20. The molecule has 1 aromatic carbocycles. The van der Waals surface area contributed by atoms with Gasteiger partial charge in [-0.05, 0) is 38.1 Å². The highest BCUT2D eigenvalue weighted by Gasteiger charge is 2.09. The highest BCUT2D eigenvalue weighted by molar-refractivity contribution is 5.84. The van der Waals surface area contributed by atoms with Crippen molar-refractivity contribution in [3.05, 3.63) is 53.2 Å². The molecule has 0 unspecified atom stereocenters. The number of benzene rings is 1. The molecule has 0 radical (unpaired) electrons. The Hall–Kier alpha value is -2.89. The fraction of sp³-hybridized carbons (Fsp3) is 0.188. The standard InChI is InChI=1S/C16H14N2O4/c1-9-10(2)18-14-7-11(3-5-13(14)17-9)21-8-12-4-6-15(22-12)16(19)20/h3-7H,8H2,1-2H3,(H,19,20). The molecule has 0 aliphatic rings. The van der Waals surface area contributed by atoms with Gasteiger partial charge >= 0.3 is 5.97 Å². The third kappa shape index (κ3) is 2.76. The van der Waals surface area contributed by atoms with E-state index in [2.05, 4.69) is 9.97 Å². The SMILES string of the molecule is Cc1nc2ccc(OCc3ccc(C(=O)O)o3)cc2nc1C. The van der Waals surface area contributed by atoms with Crippen LogP contribution in [-0.4, -0.2) is 21.0 Å². The number of ether oxygens (including phenoxy) is 1. The van der Waals surface area contributed by atoms with Crippen molar-refractivity contribution in [2.75, 3.05) is 0 Å². The molecule has 2 heterocycles. The number of furan rings is 1. The Kier molecular flexibility index (Phi) is 3.50. The summed E-state index contributed by atoms with van der Waals surface area (Å²) in [5, 5.41) is 8.80. The van der Waals surface area contributed by atoms with Crippen molar-refractivity contribution < 1.29 is 19.1 Å². The molecular formula is C16H14N2O4. The highest BCUT2D eigenvalue weighted by atomic mass is 16.5. The molecule has 3 aromatic rings. The Balaban J connectivity index is 1.78. The van der Waals surface area contributed by atoms with Gasteiger partial charge in [-0.3, -0.25) is 0 Å². The predicted molar refractivity (Wildman–Crippen MR) is 79.0 cm³/mol. The molecule has 6 nitrogen and oxygen atoms in total. The number of fused-ring (bicyclic) bond motifs is 1. The van der Waals surface area contributed by atoms with Crippen LogP contribution in [0.5, 0.6) is 5.75 Å². The summed E-state index contributed by atoms with van der Waals surface area (Å²) >= 11 is 0. The number of aryl methyl sites for hydroxylation is 2. The number of aromatic nitrogens is 2. The molecule has 0 fully saturated rings. The fourth-order valence-corrected chi connectivity index (χ4v) is 2.03. The zero-order valence-corrected chi connectivity index (χ0v) is 12.2. The van der Waals surface area contributed by atoms with E-state index in [9.17, 15) is 4.79 Å². The van der Waals surface area contributed by atoms with Gasteiger partial charge in [0.2, 0.25) is 5.76 Å². The van der Waals surface area contributed by atoms with E-state index in [4.69, 9.17) is 14.3 Å². The van der Waals surface area contributed by atoms with E-state index in [0.29, 0.717) is 11.5 Å². The van der Waals surface area contributed by atoms with Crippen molar-refractivity contribution >= 4 is 17.0 Å². The van der Waals surface area contributed by atoms with Crippen LogP contribution in [0.2, 0.25) is 0 Å². The largest absolute Gasteiger partial charge is 0.486 e. The van der Waals surface area contributed by atoms with Gasteiger partial charge in [0.05, 0.1) is 22.4 Å². The van der Waals surface area contributed by atoms with E-state index < -0.39 is 5.97 Å². The molecule has 0 amide bonds. The lowest BCUT2D eigenvalue weighted by Gasteiger charge is -2.06. The first-order chi connectivity index (χ1) is 10.5. The summed E-state index contributed by atoms with van der Waals surface area (Å²) in [5.41, 5.74) is 3.34. The molecule has 0 saturated heterocycles. The van der Waals surface area contributed by atoms with Gasteiger partial charge in [0.1, 0.15) is 18.1 Å². The quantitative estimate of drug-likeness (QED) is 0.796.